The minimum Gasteiger partial charge on any atom is -0.396 e. The molecule has 0 radical (unpaired) electrons. The molecule has 0 aromatic carbocycles. The molecule has 76 valence electrons. The zero-order valence-electron chi connectivity index (χ0n) is 8.16. The van der Waals surface area contributed by atoms with Crippen LogP contribution in [0, 0.1) is 0 Å². The van der Waals surface area contributed by atoms with Gasteiger partial charge in [0.25, 0.3) is 0 Å². The van der Waals surface area contributed by atoms with Gasteiger partial charge in [-0.25, -0.2) is 0 Å². The van der Waals surface area contributed by atoms with E-state index >= 15 is 0 Å². The summed E-state index contributed by atoms with van der Waals surface area (Å²) in [6.45, 7) is 5.74. The highest BCUT2D eigenvalue weighted by Gasteiger charge is 2.05. The molecule has 3 heteroatoms. The molecule has 0 amide bonds. The lowest BCUT2D eigenvalue weighted by atomic mass is 10.2. The van der Waals surface area contributed by atoms with Crippen molar-refractivity contribution in [2.75, 3.05) is 6.61 Å². The second-order valence-electron chi connectivity index (χ2n) is 3.02. The number of carbonyl (C=O) groups excluding carboxylic acids is 1. The van der Waals surface area contributed by atoms with Crippen LogP contribution >= 0.6 is 11.8 Å². The highest BCUT2D eigenvalue weighted by Crippen LogP contribution is 2.18. The number of rotatable bonds is 7. The van der Waals surface area contributed by atoms with Crippen molar-refractivity contribution in [3.8, 4) is 0 Å². The molecule has 0 spiro atoms. The normalized spacial score (nSPS) is 12.5. The number of thioether (sulfide) groups is 1. The van der Waals surface area contributed by atoms with Gasteiger partial charge in [0.05, 0.1) is 0 Å². The largest absolute Gasteiger partial charge is 0.396 e. The first kappa shape index (κ1) is 12.7. The fourth-order valence-corrected chi connectivity index (χ4v) is 1.80. The molecule has 0 aliphatic carbocycles. The second-order valence-corrected chi connectivity index (χ2v) is 4.47. The van der Waals surface area contributed by atoms with Crippen LogP contribution in [0.25, 0.3) is 0 Å². The first-order chi connectivity index (χ1) is 6.20. The fraction of sp³-hybridized carbons (Fsp3) is 0.700. The molecule has 2 nitrogen and oxygen atoms in total. The molecule has 0 aromatic heterocycles. The van der Waals surface area contributed by atoms with Crippen LogP contribution in [-0.2, 0) is 4.79 Å². The van der Waals surface area contributed by atoms with Crippen molar-refractivity contribution in [2.24, 2.45) is 0 Å². The number of aliphatic hydroxyl groups excluding tert-OH is 1. The number of hydrogen-bond donors (Lipinski definition) is 1. The van der Waals surface area contributed by atoms with Gasteiger partial charge in [-0.1, -0.05) is 38.1 Å². The van der Waals surface area contributed by atoms with Crippen molar-refractivity contribution in [3.05, 3.63) is 12.7 Å². The lowest BCUT2D eigenvalue weighted by molar-refractivity contribution is -0.107. The van der Waals surface area contributed by atoms with E-state index in [1.165, 1.54) is 17.8 Å². The third-order valence-corrected chi connectivity index (χ3v) is 2.79. The van der Waals surface area contributed by atoms with Gasteiger partial charge in [0.2, 0.25) is 5.12 Å². The summed E-state index contributed by atoms with van der Waals surface area (Å²) in [7, 11) is 0. The van der Waals surface area contributed by atoms with E-state index in [4.69, 9.17) is 5.11 Å². The lowest BCUT2D eigenvalue weighted by Gasteiger charge is -2.07. The molecule has 0 aliphatic heterocycles. The zero-order valence-corrected chi connectivity index (χ0v) is 8.98. The second kappa shape index (κ2) is 8.32. The maximum atomic E-state index is 10.9. The average molecular weight is 202 g/mol. The standard InChI is InChI=1S/C10H18O2S/c1-3-10(12)13-9(2)7-5-4-6-8-11/h3,9,11H,1,4-8H2,2H3. The summed E-state index contributed by atoms with van der Waals surface area (Å²) in [6.07, 6.45) is 5.38. The Kier molecular flexibility index (Phi) is 8.14. The summed E-state index contributed by atoms with van der Waals surface area (Å²) in [5.41, 5.74) is 0. The predicted molar refractivity (Wildman–Crippen MR) is 57.8 cm³/mol. The van der Waals surface area contributed by atoms with Gasteiger partial charge >= 0.3 is 0 Å². The van der Waals surface area contributed by atoms with Gasteiger partial charge in [0, 0.05) is 11.9 Å². The van der Waals surface area contributed by atoms with E-state index < -0.39 is 0 Å². The van der Waals surface area contributed by atoms with Gasteiger partial charge in [-0.05, 0) is 18.9 Å². The number of carbonyl (C=O) groups is 1. The van der Waals surface area contributed by atoms with Gasteiger partial charge in [-0.15, -0.1) is 0 Å². The molecule has 0 saturated heterocycles. The fourth-order valence-electron chi connectivity index (χ4n) is 1.03. The van der Waals surface area contributed by atoms with E-state index in [2.05, 4.69) is 6.58 Å². The molecule has 0 bridgehead atoms. The van der Waals surface area contributed by atoms with Crippen LogP contribution in [0.4, 0.5) is 0 Å². The molecule has 0 saturated carbocycles. The molecule has 0 aliphatic rings. The molecule has 0 fully saturated rings. The van der Waals surface area contributed by atoms with Crippen molar-refractivity contribution in [1.29, 1.82) is 0 Å². The van der Waals surface area contributed by atoms with E-state index in [9.17, 15) is 4.79 Å². The van der Waals surface area contributed by atoms with E-state index in [0.29, 0.717) is 5.25 Å². The van der Waals surface area contributed by atoms with Gasteiger partial charge in [0.1, 0.15) is 0 Å². The molecular weight excluding hydrogens is 184 g/mol. The Labute approximate surface area is 84.4 Å². The summed E-state index contributed by atoms with van der Waals surface area (Å²) < 4.78 is 0. The van der Waals surface area contributed by atoms with Crippen LogP contribution in [-0.4, -0.2) is 22.1 Å². The van der Waals surface area contributed by atoms with Gasteiger partial charge in [-0.3, -0.25) is 4.79 Å². The Morgan fingerprint density at radius 2 is 2.23 bits per heavy atom. The third kappa shape index (κ3) is 8.06. The Bertz CT molecular complexity index is 157. The third-order valence-electron chi connectivity index (χ3n) is 1.75. The minimum absolute atomic E-state index is 0.0506. The quantitative estimate of drug-likeness (QED) is 0.508. The SMILES string of the molecule is C=CC(=O)SC(C)CCCCCO. The predicted octanol–water partition coefficient (Wildman–Crippen LogP) is 2.37. The molecule has 13 heavy (non-hydrogen) atoms. The zero-order chi connectivity index (χ0) is 10.1. The van der Waals surface area contributed by atoms with Crippen molar-refractivity contribution in [1.82, 2.24) is 0 Å². The molecule has 1 atom stereocenters. The Hall–Kier alpha value is -0.280. The summed E-state index contributed by atoms with van der Waals surface area (Å²) in [4.78, 5) is 10.9. The lowest BCUT2D eigenvalue weighted by Crippen LogP contribution is -2.00. The number of hydrogen-bond acceptors (Lipinski definition) is 3. The average Bonchev–Trinajstić information content (AvgIpc) is 2.12. The summed E-state index contributed by atoms with van der Waals surface area (Å²) in [5, 5.41) is 8.96. The molecular formula is C10H18O2S. The minimum atomic E-state index is 0.0506. The Morgan fingerprint density at radius 3 is 2.77 bits per heavy atom. The van der Waals surface area contributed by atoms with Crippen LogP contribution in [0.15, 0.2) is 12.7 Å². The van der Waals surface area contributed by atoms with E-state index in [0.717, 1.165) is 25.7 Å². The van der Waals surface area contributed by atoms with Crippen molar-refractivity contribution < 1.29 is 9.90 Å². The van der Waals surface area contributed by atoms with Gasteiger partial charge < -0.3 is 5.11 Å². The van der Waals surface area contributed by atoms with Crippen molar-refractivity contribution in [3.63, 3.8) is 0 Å². The van der Waals surface area contributed by atoms with Crippen LogP contribution in [0.3, 0.4) is 0 Å². The van der Waals surface area contributed by atoms with E-state index in [1.54, 1.807) is 0 Å². The molecule has 1 N–H and O–H groups in total. The topological polar surface area (TPSA) is 37.3 Å². The maximum absolute atomic E-state index is 10.9. The van der Waals surface area contributed by atoms with Crippen LogP contribution in [0.2, 0.25) is 0 Å². The smallest absolute Gasteiger partial charge is 0.211 e. The summed E-state index contributed by atoms with van der Waals surface area (Å²) in [6, 6.07) is 0. The first-order valence-electron chi connectivity index (χ1n) is 4.64. The maximum Gasteiger partial charge on any atom is 0.211 e. The van der Waals surface area contributed by atoms with Crippen molar-refractivity contribution in [2.45, 2.75) is 37.9 Å². The summed E-state index contributed by atoms with van der Waals surface area (Å²) >= 11 is 1.34. The van der Waals surface area contributed by atoms with E-state index in [-0.39, 0.29) is 11.7 Å². The van der Waals surface area contributed by atoms with Crippen molar-refractivity contribution >= 4 is 16.9 Å². The van der Waals surface area contributed by atoms with Gasteiger partial charge in [0.15, 0.2) is 0 Å². The number of aliphatic hydroxyl groups is 1. The van der Waals surface area contributed by atoms with Crippen LogP contribution < -0.4 is 0 Å². The highest BCUT2D eigenvalue weighted by molar-refractivity contribution is 8.14. The Morgan fingerprint density at radius 1 is 1.54 bits per heavy atom. The van der Waals surface area contributed by atoms with Crippen LogP contribution in [0.1, 0.15) is 32.6 Å². The highest BCUT2D eigenvalue weighted by atomic mass is 32.2. The monoisotopic (exact) mass is 202 g/mol. The first-order valence-corrected chi connectivity index (χ1v) is 5.52. The summed E-state index contributed by atoms with van der Waals surface area (Å²) in [5.74, 6) is 0. The van der Waals surface area contributed by atoms with Crippen LogP contribution in [0.5, 0.6) is 0 Å². The molecule has 1 unspecified atom stereocenters. The molecule has 0 heterocycles. The van der Waals surface area contributed by atoms with E-state index in [1.807, 2.05) is 6.92 Å². The van der Waals surface area contributed by atoms with Gasteiger partial charge in [-0.2, -0.15) is 0 Å². The number of unbranched alkanes of at least 4 members (excludes halogenated alkanes) is 2. The molecule has 0 rings (SSSR count). The molecule has 0 aromatic rings. The Balaban J connectivity index is 3.34.